The zero-order valence-corrected chi connectivity index (χ0v) is 17.5. The highest BCUT2D eigenvalue weighted by atomic mass is 32.1. The lowest BCUT2D eigenvalue weighted by Gasteiger charge is -2.38. The number of hydrogen-bond acceptors (Lipinski definition) is 5. The molecular formula is C22H27N3O3S. The Bertz CT molecular complexity index is 819. The van der Waals surface area contributed by atoms with Crippen molar-refractivity contribution in [1.29, 1.82) is 0 Å². The van der Waals surface area contributed by atoms with E-state index in [-0.39, 0.29) is 24.0 Å². The minimum Gasteiger partial charge on any atom is -0.450 e. The monoisotopic (exact) mass is 413 g/mol. The number of rotatable bonds is 6. The molecule has 6 nitrogen and oxygen atoms in total. The minimum absolute atomic E-state index is 0.0560. The van der Waals surface area contributed by atoms with E-state index in [0.29, 0.717) is 32.2 Å². The van der Waals surface area contributed by atoms with E-state index in [9.17, 15) is 9.59 Å². The van der Waals surface area contributed by atoms with Crippen molar-refractivity contribution in [3.8, 4) is 0 Å². The first-order valence-corrected chi connectivity index (χ1v) is 11.2. The molecule has 2 aromatic rings. The van der Waals surface area contributed by atoms with E-state index in [1.54, 1.807) is 22.4 Å². The van der Waals surface area contributed by atoms with Gasteiger partial charge in [-0.3, -0.25) is 4.79 Å². The number of carbonyl (C=O) groups is 2. The van der Waals surface area contributed by atoms with Crippen LogP contribution in [0.3, 0.4) is 0 Å². The highest BCUT2D eigenvalue weighted by molar-refractivity contribution is 7.09. The molecule has 1 saturated carbocycles. The summed E-state index contributed by atoms with van der Waals surface area (Å²) in [7, 11) is 0. The summed E-state index contributed by atoms with van der Waals surface area (Å²) in [6.07, 6.45) is 4.00. The Morgan fingerprint density at radius 1 is 1.24 bits per heavy atom. The predicted molar refractivity (Wildman–Crippen MR) is 112 cm³/mol. The fourth-order valence-corrected chi connectivity index (χ4v) is 4.80. The van der Waals surface area contributed by atoms with Gasteiger partial charge in [0, 0.05) is 36.6 Å². The van der Waals surface area contributed by atoms with Crippen molar-refractivity contribution in [2.45, 2.75) is 44.7 Å². The summed E-state index contributed by atoms with van der Waals surface area (Å²) in [5, 5.41) is 2.91. The molecule has 0 bridgehead atoms. The number of likely N-dealkylation sites (tertiary alicyclic amines) is 1. The second-order valence-electron chi connectivity index (χ2n) is 7.67. The van der Waals surface area contributed by atoms with Crippen LogP contribution in [-0.2, 0) is 16.1 Å². The van der Waals surface area contributed by atoms with Gasteiger partial charge in [-0.05, 0) is 37.7 Å². The Morgan fingerprint density at radius 2 is 2.00 bits per heavy atom. The van der Waals surface area contributed by atoms with Gasteiger partial charge >= 0.3 is 6.09 Å². The van der Waals surface area contributed by atoms with Crippen LogP contribution in [0.5, 0.6) is 0 Å². The molecule has 2 atom stereocenters. The lowest BCUT2D eigenvalue weighted by atomic mass is 10.0. The molecule has 0 radical (unpaired) electrons. The quantitative estimate of drug-likeness (QED) is 0.721. The summed E-state index contributed by atoms with van der Waals surface area (Å²) < 4.78 is 5.12. The van der Waals surface area contributed by atoms with Crippen LogP contribution in [0.2, 0.25) is 0 Å². The van der Waals surface area contributed by atoms with Crippen molar-refractivity contribution in [2.24, 2.45) is 5.92 Å². The zero-order chi connectivity index (χ0) is 20.2. The van der Waals surface area contributed by atoms with Crippen LogP contribution >= 0.6 is 11.3 Å². The second kappa shape index (κ2) is 8.95. The van der Waals surface area contributed by atoms with Crippen LogP contribution in [0.4, 0.5) is 4.79 Å². The van der Waals surface area contributed by atoms with Gasteiger partial charge in [-0.2, -0.15) is 0 Å². The molecule has 29 heavy (non-hydrogen) atoms. The van der Waals surface area contributed by atoms with Gasteiger partial charge in [-0.1, -0.05) is 30.3 Å². The number of thiazole rings is 1. The summed E-state index contributed by atoms with van der Waals surface area (Å²) in [5.41, 5.74) is 1.25. The standard InChI is InChI=1S/C22H27N3O3S/c1-2-28-22(27)24-11-8-17(9-12-24)25(15-20-23-10-13-29-20)21(26)19-14-18(19)16-6-4-3-5-7-16/h3-7,10,13,17-19H,2,8-9,11-12,14-15H2,1H3/t18-,19-/m0/s1. The molecule has 2 heterocycles. The average molecular weight is 414 g/mol. The molecule has 1 aliphatic carbocycles. The molecule has 1 aromatic heterocycles. The molecule has 7 heteroatoms. The van der Waals surface area contributed by atoms with Crippen LogP contribution in [0.25, 0.3) is 0 Å². The number of nitrogens with zero attached hydrogens (tertiary/aromatic N) is 3. The number of hydrogen-bond donors (Lipinski definition) is 0. The minimum atomic E-state index is -0.255. The highest BCUT2D eigenvalue weighted by Crippen LogP contribution is 2.49. The second-order valence-corrected chi connectivity index (χ2v) is 8.65. The molecule has 2 aliphatic rings. The SMILES string of the molecule is CCOC(=O)N1CCC(N(Cc2nccs2)C(=O)[C@H]2C[C@H]2c2ccccc2)CC1. The topological polar surface area (TPSA) is 62.7 Å². The van der Waals surface area contributed by atoms with Crippen LogP contribution in [0, 0.1) is 5.92 Å². The van der Waals surface area contributed by atoms with Gasteiger partial charge in [0.1, 0.15) is 5.01 Å². The van der Waals surface area contributed by atoms with Crippen LogP contribution in [-0.4, -0.2) is 52.5 Å². The van der Waals surface area contributed by atoms with Gasteiger partial charge in [0.25, 0.3) is 0 Å². The number of ether oxygens (including phenoxy) is 1. The average Bonchev–Trinajstić information content (AvgIpc) is 3.40. The summed E-state index contributed by atoms with van der Waals surface area (Å²) in [6, 6.07) is 10.4. The van der Waals surface area contributed by atoms with E-state index in [4.69, 9.17) is 4.74 Å². The van der Waals surface area contributed by atoms with Gasteiger partial charge in [0.15, 0.2) is 0 Å². The van der Waals surface area contributed by atoms with Crippen molar-refractivity contribution in [3.63, 3.8) is 0 Å². The largest absolute Gasteiger partial charge is 0.450 e. The number of piperidine rings is 1. The lowest BCUT2D eigenvalue weighted by molar-refractivity contribution is -0.136. The van der Waals surface area contributed by atoms with Crippen LogP contribution in [0.15, 0.2) is 41.9 Å². The molecule has 154 valence electrons. The molecular weight excluding hydrogens is 386 g/mol. The molecule has 0 N–H and O–H groups in total. The Morgan fingerprint density at radius 3 is 2.66 bits per heavy atom. The van der Waals surface area contributed by atoms with Crippen molar-refractivity contribution >= 4 is 23.3 Å². The van der Waals surface area contributed by atoms with Gasteiger partial charge in [0.05, 0.1) is 13.2 Å². The van der Waals surface area contributed by atoms with Crippen molar-refractivity contribution < 1.29 is 14.3 Å². The number of aromatic nitrogens is 1. The Balaban J connectivity index is 1.43. The van der Waals surface area contributed by atoms with E-state index in [1.165, 1.54) is 5.56 Å². The summed E-state index contributed by atoms with van der Waals surface area (Å²) in [4.78, 5) is 33.6. The molecule has 4 rings (SSSR count). The van der Waals surface area contributed by atoms with Crippen LogP contribution < -0.4 is 0 Å². The van der Waals surface area contributed by atoms with E-state index < -0.39 is 0 Å². The normalized spacial score (nSPS) is 21.6. The first kappa shape index (κ1) is 19.9. The van der Waals surface area contributed by atoms with E-state index in [2.05, 4.69) is 17.1 Å². The van der Waals surface area contributed by atoms with E-state index in [0.717, 1.165) is 24.3 Å². The maximum Gasteiger partial charge on any atom is 0.409 e. The lowest BCUT2D eigenvalue weighted by Crippen LogP contribution is -2.49. The fraction of sp³-hybridized carbons (Fsp3) is 0.500. The molecule has 0 unspecified atom stereocenters. The van der Waals surface area contributed by atoms with E-state index >= 15 is 0 Å². The smallest absolute Gasteiger partial charge is 0.409 e. The molecule has 1 aliphatic heterocycles. The van der Waals surface area contributed by atoms with Gasteiger partial charge < -0.3 is 14.5 Å². The molecule has 2 fully saturated rings. The van der Waals surface area contributed by atoms with Crippen molar-refractivity contribution in [3.05, 3.63) is 52.5 Å². The maximum atomic E-state index is 13.4. The molecule has 1 aromatic carbocycles. The van der Waals surface area contributed by atoms with E-state index in [1.807, 2.05) is 35.4 Å². The molecule has 1 saturated heterocycles. The summed E-state index contributed by atoms with van der Waals surface area (Å²) >= 11 is 1.58. The Kier molecular flexibility index (Phi) is 6.13. The van der Waals surface area contributed by atoms with Gasteiger partial charge in [-0.15, -0.1) is 11.3 Å². The van der Waals surface area contributed by atoms with Gasteiger partial charge in [-0.25, -0.2) is 9.78 Å². The third-order valence-corrected chi connectivity index (χ3v) is 6.60. The third-order valence-electron chi connectivity index (χ3n) is 5.84. The summed E-state index contributed by atoms with van der Waals surface area (Å²) in [5.74, 6) is 0.603. The molecule has 0 spiro atoms. The first-order valence-electron chi connectivity index (χ1n) is 10.3. The first-order chi connectivity index (χ1) is 14.2. The maximum absolute atomic E-state index is 13.4. The molecule has 2 amide bonds. The van der Waals surface area contributed by atoms with Crippen molar-refractivity contribution in [2.75, 3.05) is 19.7 Å². The van der Waals surface area contributed by atoms with Crippen molar-refractivity contribution in [1.82, 2.24) is 14.8 Å². The Hall–Kier alpha value is -2.41. The zero-order valence-electron chi connectivity index (χ0n) is 16.7. The number of benzene rings is 1. The van der Waals surface area contributed by atoms with Crippen LogP contribution in [0.1, 0.15) is 42.7 Å². The number of carbonyl (C=O) groups excluding carboxylic acids is 2. The predicted octanol–water partition coefficient (Wildman–Crippen LogP) is 3.90. The number of amides is 2. The fourth-order valence-electron chi connectivity index (χ4n) is 4.19. The Labute approximate surface area is 175 Å². The highest BCUT2D eigenvalue weighted by Gasteiger charge is 2.47. The van der Waals surface area contributed by atoms with Gasteiger partial charge in [0.2, 0.25) is 5.91 Å². The third kappa shape index (κ3) is 4.61. The summed E-state index contributed by atoms with van der Waals surface area (Å²) in [6.45, 7) is 4.00.